The first kappa shape index (κ1) is 17.4. The number of piperidine rings is 1. The van der Waals surface area contributed by atoms with E-state index in [0.29, 0.717) is 27.6 Å². The fourth-order valence-corrected chi connectivity index (χ4v) is 4.90. The van der Waals surface area contributed by atoms with Crippen LogP contribution in [-0.4, -0.2) is 43.0 Å². The van der Waals surface area contributed by atoms with Gasteiger partial charge in [0.1, 0.15) is 17.0 Å². The van der Waals surface area contributed by atoms with Crippen molar-refractivity contribution in [1.29, 1.82) is 0 Å². The third-order valence-electron chi connectivity index (χ3n) is 5.91. The highest BCUT2D eigenvalue weighted by Gasteiger charge is 2.45. The van der Waals surface area contributed by atoms with E-state index in [-0.39, 0.29) is 24.0 Å². The smallest absolute Gasteiger partial charge is 0.260 e. The Labute approximate surface area is 167 Å². The molecule has 2 bridgehead atoms. The van der Waals surface area contributed by atoms with Crippen LogP contribution >= 0.6 is 11.6 Å². The fraction of sp³-hybridized carbons (Fsp3) is 0.400. The minimum atomic E-state index is -0.0203. The molecule has 2 fully saturated rings. The maximum Gasteiger partial charge on any atom is 0.260 e. The standard InChI is InChI=1S/C20H20ClN5O2/c1-12-18(19(24-28-12)16-4-2-3-5-17(16)21)20(27)25-13-6-7-14(25)11-15(10-13)26-22-8-9-23-26/h2-5,8-9,13-15H,6-7,10-11H2,1H3. The van der Waals surface area contributed by atoms with Gasteiger partial charge in [0.25, 0.3) is 5.91 Å². The number of aromatic nitrogens is 4. The van der Waals surface area contributed by atoms with Crippen LogP contribution in [0.2, 0.25) is 5.02 Å². The molecule has 2 atom stereocenters. The molecule has 7 nitrogen and oxygen atoms in total. The number of hydrogen-bond donors (Lipinski definition) is 0. The van der Waals surface area contributed by atoms with Gasteiger partial charge in [0.05, 0.1) is 23.5 Å². The van der Waals surface area contributed by atoms with Crippen molar-refractivity contribution >= 4 is 17.5 Å². The Morgan fingerprint density at radius 2 is 1.79 bits per heavy atom. The van der Waals surface area contributed by atoms with E-state index in [9.17, 15) is 4.79 Å². The summed E-state index contributed by atoms with van der Waals surface area (Å²) in [4.78, 5) is 17.4. The minimum absolute atomic E-state index is 0.0203. The summed E-state index contributed by atoms with van der Waals surface area (Å²) >= 11 is 6.35. The van der Waals surface area contributed by atoms with Crippen LogP contribution in [-0.2, 0) is 0 Å². The lowest BCUT2D eigenvalue weighted by Crippen LogP contribution is -2.47. The highest BCUT2D eigenvalue weighted by atomic mass is 35.5. The van der Waals surface area contributed by atoms with Crippen LogP contribution in [0, 0.1) is 6.92 Å². The molecular formula is C20H20ClN5O2. The molecule has 4 heterocycles. The lowest BCUT2D eigenvalue weighted by atomic mass is 9.96. The Balaban J connectivity index is 1.47. The Morgan fingerprint density at radius 3 is 2.46 bits per heavy atom. The average molecular weight is 398 g/mol. The number of carbonyl (C=O) groups excluding carboxylic acids is 1. The van der Waals surface area contributed by atoms with Gasteiger partial charge in [0, 0.05) is 17.6 Å². The molecule has 8 heteroatoms. The van der Waals surface area contributed by atoms with E-state index in [1.165, 1.54) is 0 Å². The van der Waals surface area contributed by atoms with Crippen LogP contribution in [0.1, 0.15) is 47.8 Å². The fourth-order valence-electron chi connectivity index (χ4n) is 4.67. The molecular weight excluding hydrogens is 378 g/mol. The minimum Gasteiger partial charge on any atom is -0.360 e. The van der Waals surface area contributed by atoms with Crippen molar-refractivity contribution in [2.45, 2.75) is 50.7 Å². The van der Waals surface area contributed by atoms with Crippen LogP contribution < -0.4 is 0 Å². The predicted octanol–water partition coefficient (Wildman–Crippen LogP) is 3.90. The molecule has 2 aromatic heterocycles. The predicted molar refractivity (Wildman–Crippen MR) is 103 cm³/mol. The summed E-state index contributed by atoms with van der Waals surface area (Å²) in [5.74, 6) is 0.503. The van der Waals surface area contributed by atoms with Gasteiger partial charge < -0.3 is 9.42 Å². The molecule has 2 unspecified atom stereocenters. The van der Waals surface area contributed by atoms with Crippen LogP contribution in [0.3, 0.4) is 0 Å². The van der Waals surface area contributed by atoms with Gasteiger partial charge in [-0.05, 0) is 38.7 Å². The van der Waals surface area contributed by atoms with Gasteiger partial charge in [0.15, 0.2) is 0 Å². The van der Waals surface area contributed by atoms with Crippen LogP contribution in [0.5, 0.6) is 0 Å². The molecule has 0 radical (unpaired) electrons. The van der Waals surface area contributed by atoms with Gasteiger partial charge in [-0.2, -0.15) is 15.0 Å². The molecule has 2 saturated heterocycles. The van der Waals surface area contributed by atoms with Gasteiger partial charge >= 0.3 is 0 Å². The Bertz CT molecular complexity index is 1000. The number of fused-ring (bicyclic) bond motifs is 2. The van der Waals surface area contributed by atoms with Gasteiger partial charge in [-0.25, -0.2) is 0 Å². The van der Waals surface area contributed by atoms with E-state index >= 15 is 0 Å². The van der Waals surface area contributed by atoms with Gasteiger partial charge in [-0.3, -0.25) is 4.79 Å². The number of halogens is 1. The monoisotopic (exact) mass is 397 g/mol. The molecule has 2 aliphatic rings. The number of amides is 1. The topological polar surface area (TPSA) is 77.0 Å². The summed E-state index contributed by atoms with van der Waals surface area (Å²) in [7, 11) is 0. The highest BCUT2D eigenvalue weighted by molar-refractivity contribution is 6.33. The van der Waals surface area contributed by atoms with Crippen molar-refractivity contribution in [1.82, 2.24) is 25.1 Å². The second kappa shape index (κ2) is 6.74. The molecule has 144 valence electrons. The summed E-state index contributed by atoms with van der Waals surface area (Å²) in [5, 5.41) is 13.3. The average Bonchev–Trinajstić information content (AvgIpc) is 3.41. The molecule has 0 saturated carbocycles. The van der Waals surface area contributed by atoms with Gasteiger partial charge in [-0.15, -0.1) is 0 Å². The first-order valence-corrected chi connectivity index (χ1v) is 9.91. The summed E-state index contributed by atoms with van der Waals surface area (Å²) < 4.78 is 5.41. The zero-order valence-electron chi connectivity index (χ0n) is 15.5. The molecule has 0 spiro atoms. The Morgan fingerprint density at radius 1 is 1.11 bits per heavy atom. The normalized spacial score (nSPS) is 23.9. The second-order valence-corrected chi connectivity index (χ2v) is 7.92. The Hall–Kier alpha value is -2.67. The maximum absolute atomic E-state index is 13.6. The molecule has 0 N–H and O–H groups in total. The first-order valence-electron chi connectivity index (χ1n) is 9.53. The zero-order chi connectivity index (χ0) is 19.3. The van der Waals surface area contributed by atoms with Gasteiger partial charge in [-0.1, -0.05) is 35.0 Å². The Kier molecular flexibility index (Phi) is 4.19. The molecule has 1 aromatic carbocycles. The van der Waals surface area contributed by atoms with E-state index < -0.39 is 0 Å². The lowest BCUT2D eigenvalue weighted by molar-refractivity contribution is 0.0511. The second-order valence-electron chi connectivity index (χ2n) is 7.51. The van der Waals surface area contributed by atoms with E-state index in [1.54, 1.807) is 30.2 Å². The number of aryl methyl sites for hydroxylation is 1. The molecule has 1 amide bonds. The molecule has 5 rings (SSSR count). The van der Waals surface area contributed by atoms with Crippen molar-refractivity contribution in [3.05, 3.63) is 53.0 Å². The van der Waals surface area contributed by atoms with Crippen molar-refractivity contribution < 1.29 is 9.32 Å². The first-order chi connectivity index (χ1) is 13.6. The third-order valence-corrected chi connectivity index (χ3v) is 6.24. The third kappa shape index (κ3) is 2.73. The van der Waals surface area contributed by atoms with E-state index in [4.69, 9.17) is 16.1 Å². The van der Waals surface area contributed by atoms with Crippen LogP contribution in [0.25, 0.3) is 11.3 Å². The molecule has 2 aliphatic heterocycles. The largest absolute Gasteiger partial charge is 0.360 e. The number of rotatable bonds is 3. The molecule has 3 aromatic rings. The number of carbonyl (C=O) groups is 1. The van der Waals surface area contributed by atoms with Gasteiger partial charge in [0.2, 0.25) is 0 Å². The van der Waals surface area contributed by atoms with E-state index in [0.717, 1.165) is 25.7 Å². The summed E-state index contributed by atoms with van der Waals surface area (Å²) in [6.07, 6.45) is 7.14. The van der Waals surface area contributed by atoms with Crippen molar-refractivity contribution in [2.75, 3.05) is 0 Å². The van der Waals surface area contributed by atoms with Crippen molar-refractivity contribution in [3.63, 3.8) is 0 Å². The summed E-state index contributed by atoms with van der Waals surface area (Å²) in [6.45, 7) is 1.78. The number of benzene rings is 1. The van der Waals surface area contributed by atoms with Crippen LogP contribution in [0.4, 0.5) is 0 Å². The maximum atomic E-state index is 13.6. The molecule has 28 heavy (non-hydrogen) atoms. The SMILES string of the molecule is Cc1onc(-c2ccccc2Cl)c1C(=O)N1C2CCC1CC(n1nccn1)C2. The highest BCUT2D eigenvalue weighted by Crippen LogP contribution is 2.42. The van der Waals surface area contributed by atoms with Crippen molar-refractivity contribution in [3.8, 4) is 11.3 Å². The number of nitrogens with zero attached hydrogens (tertiary/aromatic N) is 5. The summed E-state index contributed by atoms with van der Waals surface area (Å²) in [5.41, 5.74) is 1.75. The lowest BCUT2D eigenvalue weighted by Gasteiger charge is -2.38. The summed E-state index contributed by atoms with van der Waals surface area (Å²) in [6, 6.07) is 7.98. The van der Waals surface area contributed by atoms with Crippen molar-refractivity contribution in [2.24, 2.45) is 0 Å². The zero-order valence-corrected chi connectivity index (χ0v) is 16.2. The van der Waals surface area contributed by atoms with E-state index in [1.807, 2.05) is 23.1 Å². The molecule has 0 aliphatic carbocycles. The number of hydrogen-bond acceptors (Lipinski definition) is 5. The van der Waals surface area contributed by atoms with E-state index in [2.05, 4.69) is 15.4 Å². The quantitative estimate of drug-likeness (QED) is 0.669. The van der Waals surface area contributed by atoms with Crippen LogP contribution in [0.15, 0.2) is 41.2 Å².